The lowest BCUT2D eigenvalue weighted by molar-refractivity contribution is 0.601. The number of benzene rings is 2. The molecule has 1 N–H and O–H groups in total. The number of sulfone groups is 1. The smallest absolute Gasteiger partial charge is 0.279 e. The third-order valence-corrected chi connectivity index (χ3v) is 6.68. The Morgan fingerprint density at radius 3 is 2.26 bits per heavy atom. The molecular weight excluding hydrogens is 489 g/mol. The van der Waals surface area contributed by atoms with Crippen LogP contribution in [0.5, 0.6) is 0 Å². The van der Waals surface area contributed by atoms with Crippen LogP contribution in [0.25, 0.3) is 5.69 Å². The molecule has 14 heteroatoms. The molecule has 0 aliphatic heterocycles. The van der Waals surface area contributed by atoms with Crippen molar-refractivity contribution >= 4 is 52.5 Å². The Morgan fingerprint density at radius 2 is 1.71 bits per heavy atom. The third kappa shape index (κ3) is 4.86. The monoisotopic (exact) mass is 499 g/mol. The first-order chi connectivity index (χ1) is 14.4. The van der Waals surface area contributed by atoms with E-state index in [1.54, 1.807) is 6.07 Å². The van der Waals surface area contributed by atoms with E-state index in [0.29, 0.717) is 0 Å². The van der Waals surface area contributed by atoms with Crippen LogP contribution >= 0.6 is 22.3 Å². The fourth-order valence-corrected chi connectivity index (χ4v) is 4.26. The van der Waals surface area contributed by atoms with Crippen LogP contribution in [0.4, 0.5) is 11.4 Å². The van der Waals surface area contributed by atoms with Gasteiger partial charge in [0.1, 0.15) is 11.8 Å². The van der Waals surface area contributed by atoms with E-state index in [9.17, 15) is 26.9 Å². The quantitative estimate of drug-likeness (QED) is 0.418. The second-order valence-electron chi connectivity index (χ2n) is 6.10. The van der Waals surface area contributed by atoms with Crippen molar-refractivity contribution in [1.29, 1.82) is 5.26 Å². The first-order valence-electron chi connectivity index (χ1n) is 8.13. The van der Waals surface area contributed by atoms with Gasteiger partial charge in [-0.3, -0.25) is 9.89 Å². The summed E-state index contributed by atoms with van der Waals surface area (Å²) in [6, 6.07) is 10.6. The zero-order chi connectivity index (χ0) is 23.0. The van der Waals surface area contributed by atoms with Crippen LogP contribution in [-0.4, -0.2) is 32.9 Å². The summed E-state index contributed by atoms with van der Waals surface area (Å²) in [6.07, 6.45) is 0.976. The van der Waals surface area contributed by atoms with E-state index in [2.05, 4.69) is 15.3 Å². The number of aromatic nitrogens is 2. The maximum Gasteiger partial charge on any atom is 0.300 e. The average Bonchev–Trinajstić information content (AvgIpc) is 3.00. The molecule has 0 saturated carbocycles. The predicted molar refractivity (Wildman–Crippen MR) is 113 cm³/mol. The van der Waals surface area contributed by atoms with E-state index in [1.165, 1.54) is 42.5 Å². The summed E-state index contributed by atoms with van der Waals surface area (Å²) in [5, 5.41) is 19.6. The Kier molecular flexibility index (Phi) is 6.06. The van der Waals surface area contributed by atoms with Crippen molar-refractivity contribution in [2.24, 2.45) is 10.2 Å². The Balaban J connectivity index is 2.10. The second-order valence-corrected chi connectivity index (χ2v) is 11.1. The van der Waals surface area contributed by atoms with Crippen LogP contribution in [0, 0.1) is 11.3 Å². The standard InChI is InChI=1S/C17H11Cl2N5O5S2/c1-30(26,27)15-7-2-10(18)8-13(15)21-22-16-14(9-20)23-24(17(16)25)11-3-5-12(6-4-11)31(19,28)29/h2-8,23H,1H3/b22-21+. The SMILES string of the molecule is CS(=O)(=O)c1ccc(Cl)cc1/N=N/c1c(C#N)[nH]n(-c2ccc(S(=O)(=O)Cl)cc2)c1=O. The average molecular weight is 500 g/mol. The van der Waals surface area contributed by atoms with Crippen LogP contribution in [0.3, 0.4) is 0 Å². The van der Waals surface area contributed by atoms with Gasteiger partial charge in [-0.25, -0.2) is 21.5 Å². The molecule has 31 heavy (non-hydrogen) atoms. The second kappa shape index (κ2) is 8.27. The largest absolute Gasteiger partial charge is 0.300 e. The number of rotatable bonds is 5. The van der Waals surface area contributed by atoms with Crippen molar-refractivity contribution < 1.29 is 16.8 Å². The summed E-state index contributed by atoms with van der Waals surface area (Å²) in [6.45, 7) is 0. The molecule has 0 spiro atoms. The molecule has 1 aromatic heterocycles. The number of hydrogen-bond donors (Lipinski definition) is 1. The van der Waals surface area contributed by atoms with Crippen LogP contribution in [0.2, 0.25) is 5.02 Å². The van der Waals surface area contributed by atoms with Gasteiger partial charge in [0.2, 0.25) is 0 Å². The van der Waals surface area contributed by atoms with Gasteiger partial charge in [0, 0.05) is 22.0 Å². The molecule has 0 atom stereocenters. The predicted octanol–water partition coefficient (Wildman–Crippen LogP) is 3.44. The Hall–Kier alpha value is -2.98. The van der Waals surface area contributed by atoms with Crippen LogP contribution < -0.4 is 5.56 Å². The number of nitrogens with zero attached hydrogens (tertiary/aromatic N) is 4. The van der Waals surface area contributed by atoms with E-state index in [0.717, 1.165) is 10.9 Å². The van der Waals surface area contributed by atoms with E-state index in [4.69, 9.17) is 22.3 Å². The number of aromatic amines is 1. The Morgan fingerprint density at radius 1 is 1.06 bits per heavy atom. The third-order valence-electron chi connectivity index (χ3n) is 3.93. The van der Waals surface area contributed by atoms with Crippen molar-refractivity contribution in [3.05, 3.63) is 63.5 Å². The molecular formula is C17H11Cl2N5O5S2. The van der Waals surface area contributed by atoms with E-state index in [-0.39, 0.29) is 37.6 Å². The van der Waals surface area contributed by atoms with Gasteiger partial charge in [0.15, 0.2) is 21.2 Å². The van der Waals surface area contributed by atoms with Gasteiger partial charge >= 0.3 is 0 Å². The molecule has 0 amide bonds. The zero-order valence-corrected chi connectivity index (χ0v) is 18.6. The molecule has 3 rings (SSSR count). The van der Waals surface area contributed by atoms with Crippen LogP contribution in [0.15, 0.2) is 67.3 Å². The fourth-order valence-electron chi connectivity index (χ4n) is 2.52. The van der Waals surface area contributed by atoms with E-state index in [1.807, 2.05) is 0 Å². The van der Waals surface area contributed by atoms with Crippen molar-refractivity contribution in [3.8, 4) is 11.8 Å². The molecule has 0 aliphatic rings. The van der Waals surface area contributed by atoms with Gasteiger partial charge in [0.05, 0.1) is 15.5 Å². The highest BCUT2D eigenvalue weighted by molar-refractivity contribution is 8.13. The number of azo groups is 1. The molecule has 0 radical (unpaired) electrons. The minimum atomic E-state index is -3.95. The lowest BCUT2D eigenvalue weighted by Gasteiger charge is -2.02. The molecule has 0 unspecified atom stereocenters. The maximum atomic E-state index is 12.7. The summed E-state index contributed by atoms with van der Waals surface area (Å²) in [7, 11) is -2.34. The number of nitriles is 1. The summed E-state index contributed by atoms with van der Waals surface area (Å²) in [5.74, 6) is 0. The molecule has 2 aromatic carbocycles. The molecule has 10 nitrogen and oxygen atoms in total. The van der Waals surface area contributed by atoms with Crippen molar-refractivity contribution in [3.63, 3.8) is 0 Å². The lowest BCUT2D eigenvalue weighted by atomic mass is 10.3. The van der Waals surface area contributed by atoms with Gasteiger partial charge < -0.3 is 0 Å². The molecule has 1 heterocycles. The summed E-state index contributed by atoms with van der Waals surface area (Å²) in [4.78, 5) is 12.4. The summed E-state index contributed by atoms with van der Waals surface area (Å²) < 4.78 is 47.5. The van der Waals surface area contributed by atoms with Crippen molar-refractivity contribution in [2.45, 2.75) is 9.79 Å². The van der Waals surface area contributed by atoms with Gasteiger partial charge in [-0.1, -0.05) is 11.6 Å². The minimum Gasteiger partial charge on any atom is -0.279 e. The highest BCUT2D eigenvalue weighted by Gasteiger charge is 2.18. The first kappa shape index (κ1) is 22.7. The first-order valence-corrected chi connectivity index (χ1v) is 12.7. The highest BCUT2D eigenvalue weighted by atomic mass is 35.7. The number of H-pyrrole nitrogens is 1. The van der Waals surface area contributed by atoms with Crippen molar-refractivity contribution in [1.82, 2.24) is 9.78 Å². The lowest BCUT2D eigenvalue weighted by Crippen LogP contribution is -2.14. The maximum absolute atomic E-state index is 12.7. The topological polar surface area (TPSA) is 155 Å². The number of hydrogen-bond acceptors (Lipinski definition) is 8. The number of halogens is 2. The van der Waals surface area contributed by atoms with E-state index < -0.39 is 24.4 Å². The summed E-state index contributed by atoms with van der Waals surface area (Å²) in [5.41, 5.74) is -1.30. The van der Waals surface area contributed by atoms with Crippen LogP contribution in [0.1, 0.15) is 5.69 Å². The Bertz CT molecular complexity index is 1520. The Labute approximate surface area is 185 Å². The van der Waals surface area contributed by atoms with Gasteiger partial charge in [-0.15, -0.1) is 10.2 Å². The van der Waals surface area contributed by atoms with Gasteiger partial charge in [-0.2, -0.15) is 5.26 Å². The molecule has 0 aliphatic carbocycles. The minimum absolute atomic E-state index is 0.109. The highest BCUT2D eigenvalue weighted by Crippen LogP contribution is 2.29. The van der Waals surface area contributed by atoms with Crippen LogP contribution in [-0.2, 0) is 18.9 Å². The van der Waals surface area contributed by atoms with E-state index >= 15 is 0 Å². The number of nitrogens with one attached hydrogen (secondary N) is 1. The molecule has 0 fully saturated rings. The zero-order valence-electron chi connectivity index (χ0n) is 15.4. The van der Waals surface area contributed by atoms with Crippen molar-refractivity contribution in [2.75, 3.05) is 6.26 Å². The molecule has 0 saturated heterocycles. The van der Waals surface area contributed by atoms with Gasteiger partial charge in [-0.05, 0) is 42.5 Å². The molecule has 160 valence electrons. The fraction of sp³-hybridized carbons (Fsp3) is 0.0588. The van der Waals surface area contributed by atoms with Gasteiger partial charge in [0.25, 0.3) is 14.6 Å². The summed E-state index contributed by atoms with van der Waals surface area (Å²) >= 11 is 5.89. The molecule has 0 bridgehead atoms. The normalized spacial score (nSPS) is 12.2. The molecule has 3 aromatic rings.